The largest absolute Gasteiger partial charge is 0.335 e. The van der Waals surface area contributed by atoms with Gasteiger partial charge in [0.15, 0.2) is 0 Å². The van der Waals surface area contributed by atoms with Crippen molar-refractivity contribution in [3.8, 4) is 11.1 Å². The fourth-order valence-electron chi connectivity index (χ4n) is 4.16. The van der Waals surface area contributed by atoms with E-state index in [0.717, 1.165) is 45.4 Å². The van der Waals surface area contributed by atoms with Crippen LogP contribution in [0.5, 0.6) is 0 Å². The van der Waals surface area contributed by atoms with E-state index >= 15 is 0 Å². The van der Waals surface area contributed by atoms with Crippen LogP contribution in [0, 0.1) is 0 Å². The van der Waals surface area contributed by atoms with E-state index in [9.17, 15) is 4.79 Å². The number of hydrogen-bond acceptors (Lipinski definition) is 3. The van der Waals surface area contributed by atoms with Crippen LogP contribution in [0.1, 0.15) is 24.8 Å². The molecule has 28 heavy (non-hydrogen) atoms. The molecule has 2 fully saturated rings. The number of urea groups is 1. The van der Waals surface area contributed by atoms with E-state index in [0.29, 0.717) is 6.54 Å². The van der Waals surface area contributed by atoms with Crippen molar-refractivity contribution in [2.75, 3.05) is 26.2 Å². The molecule has 2 saturated heterocycles. The first kappa shape index (κ1) is 19.0. The van der Waals surface area contributed by atoms with E-state index in [-0.39, 0.29) is 18.1 Å². The second-order valence-electron chi connectivity index (χ2n) is 8.06. The Morgan fingerprint density at radius 3 is 2.25 bits per heavy atom. The summed E-state index contributed by atoms with van der Waals surface area (Å²) in [5.74, 6) is 0. The molecule has 0 aliphatic carbocycles. The van der Waals surface area contributed by atoms with Crippen molar-refractivity contribution in [2.45, 2.75) is 37.9 Å². The Hall–Kier alpha value is -2.37. The lowest BCUT2D eigenvalue weighted by Gasteiger charge is -2.33. The zero-order valence-electron chi connectivity index (χ0n) is 16.4. The molecule has 4 rings (SSSR count). The Bertz CT molecular complexity index is 769. The molecule has 0 bridgehead atoms. The summed E-state index contributed by atoms with van der Waals surface area (Å²) in [6.07, 6.45) is 2.93. The number of nitrogens with two attached hydrogens (primary N) is 1. The number of nitrogens with zero attached hydrogens (tertiary/aromatic N) is 2. The van der Waals surface area contributed by atoms with Crippen LogP contribution in [0.2, 0.25) is 0 Å². The van der Waals surface area contributed by atoms with Gasteiger partial charge in [-0.05, 0) is 36.0 Å². The number of amides is 2. The maximum Gasteiger partial charge on any atom is 0.317 e. The zero-order chi connectivity index (χ0) is 19.3. The van der Waals surface area contributed by atoms with Gasteiger partial charge in [0.2, 0.25) is 0 Å². The van der Waals surface area contributed by atoms with Crippen molar-refractivity contribution in [1.82, 2.24) is 15.1 Å². The maximum atomic E-state index is 12.3. The van der Waals surface area contributed by atoms with E-state index in [1.807, 2.05) is 11.0 Å². The number of piperidine rings is 1. The molecular weight excluding hydrogens is 348 g/mol. The van der Waals surface area contributed by atoms with Gasteiger partial charge in [0.05, 0.1) is 0 Å². The van der Waals surface area contributed by atoms with E-state index in [4.69, 9.17) is 5.73 Å². The highest BCUT2D eigenvalue weighted by atomic mass is 16.2. The lowest BCUT2D eigenvalue weighted by Crippen LogP contribution is -2.48. The van der Waals surface area contributed by atoms with Gasteiger partial charge in [-0.2, -0.15) is 0 Å². The first-order valence-electron chi connectivity index (χ1n) is 10.3. The minimum absolute atomic E-state index is 0.0582. The number of benzene rings is 2. The Balaban J connectivity index is 1.24. The van der Waals surface area contributed by atoms with Crippen LogP contribution in [0.15, 0.2) is 54.6 Å². The second-order valence-corrected chi connectivity index (χ2v) is 8.06. The van der Waals surface area contributed by atoms with Gasteiger partial charge in [0.1, 0.15) is 0 Å². The first-order chi connectivity index (χ1) is 13.7. The topological polar surface area (TPSA) is 61.6 Å². The fourth-order valence-corrected chi connectivity index (χ4v) is 4.16. The van der Waals surface area contributed by atoms with Crippen LogP contribution in [0.4, 0.5) is 4.79 Å². The standard InChI is InChI=1S/C23H30N4O/c24-21-10-15-27(17-21)23(28)25-22-11-13-26(14-12-22)16-18-6-8-20(9-7-18)19-4-2-1-3-5-19/h1-9,21-22H,10-17,24H2,(H,25,28). The molecular formula is C23H30N4O. The number of rotatable bonds is 4. The summed E-state index contributed by atoms with van der Waals surface area (Å²) in [5, 5.41) is 3.20. The molecule has 1 unspecified atom stereocenters. The Labute approximate surface area is 167 Å². The third-order valence-electron chi connectivity index (χ3n) is 5.89. The van der Waals surface area contributed by atoms with E-state index in [2.05, 4.69) is 58.7 Å². The molecule has 2 aliphatic rings. The first-order valence-corrected chi connectivity index (χ1v) is 10.3. The summed E-state index contributed by atoms with van der Waals surface area (Å²) in [4.78, 5) is 16.7. The van der Waals surface area contributed by atoms with E-state index in [1.165, 1.54) is 16.7 Å². The summed E-state index contributed by atoms with van der Waals surface area (Å²) in [6, 6.07) is 19.8. The van der Waals surface area contributed by atoms with Crippen LogP contribution < -0.4 is 11.1 Å². The monoisotopic (exact) mass is 378 g/mol. The van der Waals surface area contributed by atoms with Crippen molar-refractivity contribution in [3.63, 3.8) is 0 Å². The molecule has 1 atom stereocenters. The second kappa shape index (κ2) is 8.76. The van der Waals surface area contributed by atoms with Crippen molar-refractivity contribution < 1.29 is 4.79 Å². The highest BCUT2D eigenvalue weighted by Gasteiger charge is 2.27. The number of likely N-dealkylation sites (tertiary alicyclic amines) is 2. The van der Waals surface area contributed by atoms with Crippen LogP contribution in [0.3, 0.4) is 0 Å². The molecule has 148 valence electrons. The quantitative estimate of drug-likeness (QED) is 0.860. The van der Waals surface area contributed by atoms with Gasteiger partial charge >= 0.3 is 6.03 Å². The van der Waals surface area contributed by atoms with Crippen molar-refractivity contribution in [1.29, 1.82) is 0 Å². The normalized spacial score (nSPS) is 21.0. The third kappa shape index (κ3) is 4.72. The number of nitrogens with one attached hydrogen (secondary N) is 1. The molecule has 2 amide bonds. The molecule has 0 aromatic heterocycles. The van der Waals surface area contributed by atoms with Crippen molar-refractivity contribution in [2.24, 2.45) is 5.73 Å². The molecule has 2 aromatic rings. The van der Waals surface area contributed by atoms with Gasteiger partial charge in [-0.3, -0.25) is 4.90 Å². The number of carbonyl (C=O) groups excluding carboxylic acids is 1. The van der Waals surface area contributed by atoms with Gasteiger partial charge < -0.3 is 16.0 Å². The SMILES string of the molecule is NC1CCN(C(=O)NC2CCN(Cc3ccc(-c4ccccc4)cc3)CC2)C1. The summed E-state index contributed by atoms with van der Waals surface area (Å²) in [5.41, 5.74) is 9.75. The predicted molar refractivity (Wildman–Crippen MR) is 113 cm³/mol. The molecule has 0 spiro atoms. The van der Waals surface area contributed by atoms with Gasteiger partial charge in [-0.25, -0.2) is 4.79 Å². The highest BCUT2D eigenvalue weighted by Crippen LogP contribution is 2.21. The molecule has 5 nitrogen and oxygen atoms in total. The van der Waals surface area contributed by atoms with Gasteiger partial charge in [-0.15, -0.1) is 0 Å². The predicted octanol–water partition coefficient (Wildman–Crippen LogP) is 3.06. The average Bonchev–Trinajstić information content (AvgIpc) is 3.17. The van der Waals surface area contributed by atoms with Crippen LogP contribution in [0.25, 0.3) is 11.1 Å². The highest BCUT2D eigenvalue weighted by molar-refractivity contribution is 5.75. The summed E-state index contributed by atoms with van der Waals surface area (Å²) >= 11 is 0. The Morgan fingerprint density at radius 2 is 1.61 bits per heavy atom. The van der Waals surface area contributed by atoms with E-state index < -0.39 is 0 Å². The molecule has 0 radical (unpaired) electrons. The zero-order valence-corrected chi connectivity index (χ0v) is 16.4. The van der Waals surface area contributed by atoms with Gasteiger partial charge in [0.25, 0.3) is 0 Å². The van der Waals surface area contributed by atoms with Gasteiger partial charge in [0, 0.05) is 44.8 Å². The lowest BCUT2D eigenvalue weighted by molar-refractivity contribution is 0.174. The van der Waals surface area contributed by atoms with Crippen molar-refractivity contribution in [3.05, 3.63) is 60.2 Å². The molecule has 2 heterocycles. The van der Waals surface area contributed by atoms with E-state index in [1.54, 1.807) is 0 Å². The Morgan fingerprint density at radius 1 is 0.929 bits per heavy atom. The molecule has 2 aromatic carbocycles. The van der Waals surface area contributed by atoms with Crippen LogP contribution in [-0.2, 0) is 6.54 Å². The lowest BCUT2D eigenvalue weighted by atomic mass is 10.0. The molecule has 2 aliphatic heterocycles. The summed E-state index contributed by atoms with van der Waals surface area (Å²) < 4.78 is 0. The summed E-state index contributed by atoms with van der Waals surface area (Å²) in [6.45, 7) is 4.47. The van der Waals surface area contributed by atoms with Gasteiger partial charge in [-0.1, -0.05) is 54.6 Å². The maximum absolute atomic E-state index is 12.3. The summed E-state index contributed by atoms with van der Waals surface area (Å²) in [7, 11) is 0. The minimum Gasteiger partial charge on any atom is -0.335 e. The minimum atomic E-state index is 0.0582. The fraction of sp³-hybridized carbons (Fsp3) is 0.435. The smallest absolute Gasteiger partial charge is 0.317 e. The molecule has 3 N–H and O–H groups in total. The molecule has 5 heteroatoms. The van der Waals surface area contributed by atoms with Crippen LogP contribution in [-0.4, -0.2) is 54.1 Å². The third-order valence-corrected chi connectivity index (χ3v) is 5.89. The molecule has 0 saturated carbocycles. The average molecular weight is 379 g/mol. The number of hydrogen-bond donors (Lipinski definition) is 2. The number of carbonyl (C=O) groups is 1. The van der Waals surface area contributed by atoms with Crippen LogP contribution >= 0.6 is 0 Å². The van der Waals surface area contributed by atoms with Crippen molar-refractivity contribution >= 4 is 6.03 Å². The Kier molecular flexibility index (Phi) is 5.93.